The summed E-state index contributed by atoms with van der Waals surface area (Å²) in [6, 6.07) is 12.0. The van der Waals surface area contributed by atoms with Crippen LogP contribution in [0.3, 0.4) is 0 Å². The van der Waals surface area contributed by atoms with Crippen molar-refractivity contribution in [2.45, 2.75) is 27.2 Å². The normalized spacial score (nSPS) is 11.7. The third kappa shape index (κ3) is 5.64. The fourth-order valence-electron chi connectivity index (χ4n) is 2.58. The molecule has 0 aliphatic carbocycles. The van der Waals surface area contributed by atoms with Crippen molar-refractivity contribution >= 4 is 23.2 Å². The number of ether oxygens (including phenoxy) is 1. The largest absolute Gasteiger partial charge is 0.430 e. The number of likely N-dealkylation sites (N-methyl/N-ethyl adjacent to an activating group) is 1. The number of nitrogens with zero attached hydrogens (tertiary/aromatic N) is 2. The molecule has 0 atom stereocenters. The Hall–Kier alpha value is -2.24. The molecule has 138 valence electrons. The fourth-order valence-corrected chi connectivity index (χ4v) is 2.77. The molecule has 2 aromatic rings. The van der Waals surface area contributed by atoms with E-state index in [-0.39, 0.29) is 5.17 Å². The Labute approximate surface area is 161 Å². The van der Waals surface area contributed by atoms with Gasteiger partial charge in [-0.2, -0.15) is 4.99 Å². The van der Waals surface area contributed by atoms with Gasteiger partial charge < -0.3 is 15.4 Å². The van der Waals surface area contributed by atoms with E-state index < -0.39 is 0 Å². The maximum atomic E-state index is 6.04. The molecule has 2 N–H and O–H groups in total. The molecular formula is C21H27N3OS. The number of thiocarbonyl (C=S) groups is 1. The summed E-state index contributed by atoms with van der Waals surface area (Å²) in [6.07, 6.45) is 1.00. The van der Waals surface area contributed by atoms with E-state index >= 15 is 0 Å². The number of aryl methyl sites for hydroxylation is 3. The molecule has 2 aromatic carbocycles. The number of rotatable bonds is 5. The van der Waals surface area contributed by atoms with Crippen LogP contribution in [0.25, 0.3) is 0 Å². The summed E-state index contributed by atoms with van der Waals surface area (Å²) in [6.45, 7) is 7.14. The molecule has 0 bridgehead atoms. The molecule has 0 amide bonds. The second kappa shape index (κ2) is 8.92. The molecule has 0 unspecified atom stereocenters. The van der Waals surface area contributed by atoms with Gasteiger partial charge in [-0.05, 0) is 76.3 Å². The van der Waals surface area contributed by atoms with Gasteiger partial charge in [-0.3, -0.25) is 0 Å². The van der Waals surface area contributed by atoms with Gasteiger partial charge in [0.2, 0.25) is 0 Å². The number of amidine groups is 1. The average molecular weight is 370 g/mol. The smallest absolute Gasteiger partial charge is 0.290 e. The quantitative estimate of drug-likeness (QED) is 0.495. The molecule has 26 heavy (non-hydrogen) atoms. The van der Waals surface area contributed by atoms with Crippen molar-refractivity contribution < 1.29 is 4.74 Å². The number of aliphatic imine (C=N–C) groups is 1. The topological polar surface area (TPSA) is 50.9 Å². The van der Waals surface area contributed by atoms with Crippen molar-refractivity contribution in [2.75, 3.05) is 20.6 Å². The fraction of sp³-hybridized carbons (Fsp3) is 0.333. The number of hydrogen-bond donors (Lipinski definition) is 1. The maximum absolute atomic E-state index is 6.04. The van der Waals surface area contributed by atoms with Crippen LogP contribution < -0.4 is 10.5 Å². The van der Waals surface area contributed by atoms with E-state index in [0.29, 0.717) is 5.84 Å². The van der Waals surface area contributed by atoms with Crippen molar-refractivity contribution in [2.24, 2.45) is 10.7 Å². The molecule has 0 aromatic heterocycles. The van der Waals surface area contributed by atoms with E-state index in [1.165, 1.54) is 16.7 Å². The first kappa shape index (κ1) is 20.1. The lowest BCUT2D eigenvalue weighted by atomic mass is 10.0. The minimum atomic E-state index is 0.117. The highest BCUT2D eigenvalue weighted by atomic mass is 32.1. The van der Waals surface area contributed by atoms with Crippen LogP contribution >= 0.6 is 12.2 Å². The van der Waals surface area contributed by atoms with Gasteiger partial charge in [0.05, 0.1) is 0 Å². The molecule has 0 radical (unpaired) electrons. The third-order valence-corrected chi connectivity index (χ3v) is 4.39. The van der Waals surface area contributed by atoms with Gasteiger partial charge in [0.15, 0.2) is 0 Å². The summed E-state index contributed by atoms with van der Waals surface area (Å²) in [5.74, 6) is 1.08. The van der Waals surface area contributed by atoms with Crippen molar-refractivity contribution in [1.29, 1.82) is 0 Å². The molecule has 0 saturated carbocycles. The second-order valence-corrected chi connectivity index (χ2v) is 7.18. The molecule has 4 nitrogen and oxygen atoms in total. The summed E-state index contributed by atoms with van der Waals surface area (Å²) in [7, 11) is 4.16. The van der Waals surface area contributed by atoms with Crippen LogP contribution in [0, 0.1) is 20.8 Å². The minimum Gasteiger partial charge on any atom is -0.430 e. The molecular weight excluding hydrogens is 342 g/mol. The zero-order chi connectivity index (χ0) is 19.3. The van der Waals surface area contributed by atoms with Crippen LogP contribution in [0.1, 0.15) is 27.8 Å². The van der Waals surface area contributed by atoms with Crippen molar-refractivity contribution in [3.05, 3.63) is 64.2 Å². The van der Waals surface area contributed by atoms with E-state index in [1.807, 2.05) is 44.2 Å². The summed E-state index contributed by atoms with van der Waals surface area (Å²) >= 11 is 5.26. The van der Waals surface area contributed by atoms with Crippen molar-refractivity contribution in [3.8, 4) is 5.75 Å². The number of benzene rings is 2. The van der Waals surface area contributed by atoms with E-state index in [1.54, 1.807) is 0 Å². The molecule has 0 fully saturated rings. The Morgan fingerprint density at radius 2 is 1.73 bits per heavy atom. The van der Waals surface area contributed by atoms with Crippen LogP contribution in [0.2, 0.25) is 0 Å². The lowest BCUT2D eigenvalue weighted by molar-refractivity contribution is 0.413. The Morgan fingerprint density at radius 3 is 2.35 bits per heavy atom. The number of hydrogen-bond acceptors (Lipinski definition) is 3. The second-order valence-electron chi connectivity index (χ2n) is 6.83. The highest BCUT2D eigenvalue weighted by Gasteiger charge is 2.09. The zero-order valence-electron chi connectivity index (χ0n) is 16.2. The maximum Gasteiger partial charge on any atom is 0.290 e. The van der Waals surface area contributed by atoms with Crippen LogP contribution in [0.4, 0.5) is 0 Å². The summed E-state index contributed by atoms with van der Waals surface area (Å²) in [5.41, 5.74) is 11.6. The standard InChI is InChI=1S/C21H27N3OS/c1-14-6-8-17(9-7-14)20(22)23-21(26)25-19-13-15(2)18(12-16(19)3)10-11-24(4)5/h6-9,12-13H,10-11H2,1-5H3,(H2,22,23,26). The molecule has 0 aliphatic heterocycles. The first-order valence-electron chi connectivity index (χ1n) is 8.64. The molecule has 0 saturated heterocycles. The monoisotopic (exact) mass is 369 g/mol. The van der Waals surface area contributed by atoms with E-state index in [4.69, 9.17) is 22.7 Å². The SMILES string of the molecule is Cc1ccc(C(N)=NC(=S)Oc2cc(C)c(CCN(C)C)cc2C)cc1. The van der Waals surface area contributed by atoms with E-state index in [2.05, 4.69) is 37.0 Å². The van der Waals surface area contributed by atoms with Gasteiger partial charge >= 0.3 is 0 Å². The average Bonchev–Trinajstić information content (AvgIpc) is 2.57. The van der Waals surface area contributed by atoms with E-state index in [9.17, 15) is 0 Å². The first-order chi connectivity index (χ1) is 12.3. The minimum absolute atomic E-state index is 0.117. The predicted molar refractivity (Wildman–Crippen MR) is 113 cm³/mol. The van der Waals surface area contributed by atoms with Gasteiger partial charge in [-0.1, -0.05) is 35.9 Å². The summed E-state index contributed by atoms with van der Waals surface area (Å²) < 4.78 is 5.78. The van der Waals surface area contributed by atoms with Crippen LogP contribution in [-0.4, -0.2) is 36.6 Å². The predicted octanol–water partition coefficient (Wildman–Crippen LogP) is 3.79. The van der Waals surface area contributed by atoms with Crippen LogP contribution in [0.15, 0.2) is 41.4 Å². The highest BCUT2D eigenvalue weighted by molar-refractivity contribution is 7.80. The molecule has 0 aliphatic rings. The van der Waals surface area contributed by atoms with Crippen LogP contribution in [0.5, 0.6) is 5.75 Å². The Bertz CT molecular complexity index is 811. The van der Waals surface area contributed by atoms with Crippen molar-refractivity contribution in [3.63, 3.8) is 0 Å². The van der Waals surface area contributed by atoms with Gasteiger partial charge in [0, 0.05) is 12.1 Å². The number of nitrogens with two attached hydrogens (primary N) is 1. The Balaban J connectivity index is 2.12. The lowest BCUT2D eigenvalue weighted by Crippen LogP contribution is -2.17. The molecule has 0 heterocycles. The molecule has 5 heteroatoms. The summed E-state index contributed by atoms with van der Waals surface area (Å²) in [5, 5.41) is 0.117. The summed E-state index contributed by atoms with van der Waals surface area (Å²) in [4.78, 5) is 6.40. The Kier molecular flexibility index (Phi) is 6.89. The lowest BCUT2D eigenvalue weighted by Gasteiger charge is -2.14. The van der Waals surface area contributed by atoms with Gasteiger partial charge in [0.1, 0.15) is 11.6 Å². The van der Waals surface area contributed by atoms with E-state index in [0.717, 1.165) is 29.8 Å². The Morgan fingerprint density at radius 1 is 1.08 bits per heavy atom. The highest BCUT2D eigenvalue weighted by Crippen LogP contribution is 2.24. The zero-order valence-corrected chi connectivity index (χ0v) is 17.0. The van der Waals surface area contributed by atoms with Crippen molar-refractivity contribution in [1.82, 2.24) is 4.90 Å². The molecule has 2 rings (SSSR count). The van der Waals surface area contributed by atoms with Crippen LogP contribution in [-0.2, 0) is 6.42 Å². The third-order valence-electron chi connectivity index (χ3n) is 4.22. The van der Waals surface area contributed by atoms with Gasteiger partial charge in [0.25, 0.3) is 5.17 Å². The first-order valence-corrected chi connectivity index (χ1v) is 9.05. The molecule has 0 spiro atoms. The van der Waals surface area contributed by atoms with Gasteiger partial charge in [-0.25, -0.2) is 0 Å². The van der Waals surface area contributed by atoms with Gasteiger partial charge in [-0.15, -0.1) is 0 Å².